The maximum Gasteiger partial charge on any atom is 0.251 e. The first-order valence-electron chi connectivity index (χ1n) is 7.34. The van der Waals surface area contributed by atoms with E-state index in [4.69, 9.17) is 0 Å². The van der Waals surface area contributed by atoms with E-state index in [1.807, 2.05) is 59.1 Å². The zero-order chi connectivity index (χ0) is 15.2. The molecule has 0 radical (unpaired) electrons. The molecule has 2 aromatic heterocycles. The maximum absolute atomic E-state index is 11.9. The van der Waals surface area contributed by atoms with Crippen LogP contribution in [0.3, 0.4) is 0 Å². The first-order chi connectivity index (χ1) is 10.8. The topological polar surface area (TPSA) is 58.4 Å². The van der Waals surface area contributed by atoms with Gasteiger partial charge in [0.05, 0.1) is 0 Å². The molecule has 0 spiro atoms. The molecule has 0 bridgehead atoms. The van der Waals surface area contributed by atoms with E-state index in [0.29, 0.717) is 12.1 Å². The standard InChI is InChI=1S/C17H18N4O/c22-17(14-6-2-1-3-7-14)20-11-5-10-18-15-8-4-9-16-19-12-13-21(15)16/h1-4,6-9,12-13,18H,5,10-11H2,(H,20,22). The number of fused-ring (bicyclic) bond motifs is 1. The smallest absolute Gasteiger partial charge is 0.251 e. The molecule has 0 aliphatic rings. The molecule has 3 aromatic rings. The molecule has 0 aliphatic carbocycles. The first-order valence-corrected chi connectivity index (χ1v) is 7.34. The predicted molar refractivity (Wildman–Crippen MR) is 87.1 cm³/mol. The Morgan fingerprint density at radius 3 is 2.77 bits per heavy atom. The minimum Gasteiger partial charge on any atom is -0.371 e. The number of hydrogen-bond donors (Lipinski definition) is 2. The van der Waals surface area contributed by atoms with Gasteiger partial charge in [-0.2, -0.15) is 0 Å². The van der Waals surface area contributed by atoms with Crippen LogP contribution in [0.5, 0.6) is 0 Å². The van der Waals surface area contributed by atoms with Crippen LogP contribution in [0.1, 0.15) is 16.8 Å². The van der Waals surface area contributed by atoms with Crippen molar-refractivity contribution >= 4 is 17.4 Å². The van der Waals surface area contributed by atoms with Crippen molar-refractivity contribution in [3.05, 3.63) is 66.5 Å². The molecule has 0 aliphatic heterocycles. The molecule has 0 saturated carbocycles. The number of carbonyl (C=O) groups is 1. The Hall–Kier alpha value is -2.82. The summed E-state index contributed by atoms with van der Waals surface area (Å²) in [5, 5.41) is 6.28. The summed E-state index contributed by atoms with van der Waals surface area (Å²) < 4.78 is 2.00. The molecule has 0 saturated heterocycles. The molecular formula is C17H18N4O. The van der Waals surface area contributed by atoms with Gasteiger partial charge in [-0.15, -0.1) is 0 Å². The monoisotopic (exact) mass is 294 g/mol. The number of imidazole rings is 1. The van der Waals surface area contributed by atoms with E-state index in [1.54, 1.807) is 6.20 Å². The van der Waals surface area contributed by atoms with Gasteiger partial charge < -0.3 is 10.6 Å². The fourth-order valence-electron chi connectivity index (χ4n) is 2.29. The van der Waals surface area contributed by atoms with Gasteiger partial charge in [0.2, 0.25) is 0 Å². The van der Waals surface area contributed by atoms with Crippen molar-refractivity contribution in [2.75, 3.05) is 18.4 Å². The molecule has 1 amide bonds. The normalized spacial score (nSPS) is 10.5. The van der Waals surface area contributed by atoms with Crippen molar-refractivity contribution in [2.45, 2.75) is 6.42 Å². The van der Waals surface area contributed by atoms with Gasteiger partial charge in [0, 0.05) is 31.0 Å². The largest absolute Gasteiger partial charge is 0.371 e. The number of benzene rings is 1. The number of pyridine rings is 1. The quantitative estimate of drug-likeness (QED) is 0.687. The first kappa shape index (κ1) is 14.1. The molecule has 5 heteroatoms. The highest BCUT2D eigenvalue weighted by atomic mass is 16.1. The Bertz CT molecular complexity index is 751. The Balaban J connectivity index is 1.44. The van der Waals surface area contributed by atoms with Gasteiger partial charge in [0.25, 0.3) is 5.91 Å². The van der Waals surface area contributed by atoms with E-state index >= 15 is 0 Å². The summed E-state index contributed by atoms with van der Waals surface area (Å²) in [6.45, 7) is 1.42. The highest BCUT2D eigenvalue weighted by molar-refractivity contribution is 5.94. The van der Waals surface area contributed by atoms with Crippen LogP contribution in [0, 0.1) is 0 Å². The second-order valence-corrected chi connectivity index (χ2v) is 4.97. The number of nitrogens with one attached hydrogen (secondary N) is 2. The van der Waals surface area contributed by atoms with Crippen LogP contribution in [0.25, 0.3) is 5.65 Å². The minimum absolute atomic E-state index is 0.0303. The highest BCUT2D eigenvalue weighted by Gasteiger charge is 2.03. The Kier molecular flexibility index (Phi) is 4.34. The molecule has 22 heavy (non-hydrogen) atoms. The maximum atomic E-state index is 11.9. The third-order valence-electron chi connectivity index (χ3n) is 3.41. The summed E-state index contributed by atoms with van der Waals surface area (Å²) >= 11 is 0. The van der Waals surface area contributed by atoms with E-state index in [1.165, 1.54) is 0 Å². The summed E-state index contributed by atoms with van der Waals surface area (Å²) in [4.78, 5) is 16.1. The van der Waals surface area contributed by atoms with E-state index < -0.39 is 0 Å². The van der Waals surface area contributed by atoms with Crippen LogP contribution in [0.15, 0.2) is 60.9 Å². The van der Waals surface area contributed by atoms with Gasteiger partial charge in [0.1, 0.15) is 11.5 Å². The van der Waals surface area contributed by atoms with Crippen molar-refractivity contribution in [3.63, 3.8) is 0 Å². The van der Waals surface area contributed by atoms with Crippen molar-refractivity contribution in [3.8, 4) is 0 Å². The lowest BCUT2D eigenvalue weighted by atomic mass is 10.2. The number of aromatic nitrogens is 2. The lowest BCUT2D eigenvalue weighted by Gasteiger charge is -2.09. The van der Waals surface area contributed by atoms with Crippen molar-refractivity contribution in [2.24, 2.45) is 0 Å². The van der Waals surface area contributed by atoms with Crippen LogP contribution < -0.4 is 10.6 Å². The zero-order valence-corrected chi connectivity index (χ0v) is 12.2. The predicted octanol–water partition coefficient (Wildman–Crippen LogP) is 2.57. The molecule has 0 atom stereocenters. The minimum atomic E-state index is -0.0303. The molecule has 0 unspecified atom stereocenters. The summed E-state index contributed by atoms with van der Waals surface area (Å²) in [7, 11) is 0. The molecule has 5 nitrogen and oxygen atoms in total. The van der Waals surface area contributed by atoms with E-state index in [-0.39, 0.29) is 5.91 Å². The number of rotatable bonds is 6. The molecular weight excluding hydrogens is 276 g/mol. The zero-order valence-electron chi connectivity index (χ0n) is 12.2. The number of carbonyl (C=O) groups excluding carboxylic acids is 1. The summed E-state index contributed by atoms with van der Waals surface area (Å²) in [6, 6.07) is 15.2. The molecule has 2 heterocycles. The van der Waals surface area contributed by atoms with Crippen LogP contribution in [-0.2, 0) is 0 Å². The van der Waals surface area contributed by atoms with Gasteiger partial charge >= 0.3 is 0 Å². The highest BCUT2D eigenvalue weighted by Crippen LogP contribution is 2.10. The van der Waals surface area contributed by atoms with Gasteiger partial charge in [-0.25, -0.2) is 4.98 Å². The fourth-order valence-corrected chi connectivity index (χ4v) is 2.29. The Morgan fingerprint density at radius 1 is 1.05 bits per heavy atom. The SMILES string of the molecule is O=C(NCCCNc1cccc2nccn12)c1ccccc1. The second-order valence-electron chi connectivity index (χ2n) is 4.97. The average Bonchev–Trinajstić information content (AvgIpc) is 3.04. The summed E-state index contributed by atoms with van der Waals surface area (Å²) in [6.07, 6.45) is 4.55. The molecule has 1 aromatic carbocycles. The van der Waals surface area contributed by atoms with Crippen LogP contribution in [0.2, 0.25) is 0 Å². The molecule has 0 fully saturated rings. The van der Waals surface area contributed by atoms with Crippen molar-refractivity contribution in [1.82, 2.24) is 14.7 Å². The summed E-state index contributed by atoms with van der Waals surface area (Å²) in [5.41, 5.74) is 1.61. The summed E-state index contributed by atoms with van der Waals surface area (Å²) in [5.74, 6) is 0.974. The van der Waals surface area contributed by atoms with E-state index in [0.717, 1.165) is 24.4 Å². The number of amides is 1. The average molecular weight is 294 g/mol. The Morgan fingerprint density at radius 2 is 1.91 bits per heavy atom. The van der Waals surface area contributed by atoms with Gasteiger partial charge in [-0.3, -0.25) is 9.20 Å². The van der Waals surface area contributed by atoms with Gasteiger partial charge in [0.15, 0.2) is 0 Å². The van der Waals surface area contributed by atoms with Crippen LogP contribution in [-0.4, -0.2) is 28.4 Å². The van der Waals surface area contributed by atoms with Crippen molar-refractivity contribution in [1.29, 1.82) is 0 Å². The van der Waals surface area contributed by atoms with Gasteiger partial charge in [-0.05, 0) is 30.7 Å². The third kappa shape index (κ3) is 3.25. The van der Waals surface area contributed by atoms with E-state index in [9.17, 15) is 4.79 Å². The number of hydrogen-bond acceptors (Lipinski definition) is 3. The molecule has 112 valence electrons. The second kappa shape index (κ2) is 6.76. The van der Waals surface area contributed by atoms with Gasteiger partial charge in [-0.1, -0.05) is 24.3 Å². The Labute approximate surface area is 129 Å². The molecule has 3 rings (SSSR count). The van der Waals surface area contributed by atoms with Crippen molar-refractivity contribution < 1.29 is 4.79 Å². The number of anilines is 1. The lowest BCUT2D eigenvalue weighted by molar-refractivity contribution is 0.0953. The fraction of sp³-hybridized carbons (Fsp3) is 0.176. The van der Waals surface area contributed by atoms with Crippen LogP contribution in [0.4, 0.5) is 5.82 Å². The lowest BCUT2D eigenvalue weighted by Crippen LogP contribution is -2.25. The van der Waals surface area contributed by atoms with E-state index in [2.05, 4.69) is 15.6 Å². The number of nitrogens with zero attached hydrogens (tertiary/aromatic N) is 2. The molecule has 2 N–H and O–H groups in total. The third-order valence-corrected chi connectivity index (χ3v) is 3.41. The van der Waals surface area contributed by atoms with Crippen LogP contribution >= 0.6 is 0 Å².